The van der Waals surface area contributed by atoms with Gasteiger partial charge in [0.25, 0.3) is 0 Å². The first kappa shape index (κ1) is 20.2. The van der Waals surface area contributed by atoms with Gasteiger partial charge in [-0.2, -0.15) is 0 Å². The lowest BCUT2D eigenvalue weighted by atomic mass is 10.1. The van der Waals surface area contributed by atoms with Crippen LogP contribution in [0.15, 0.2) is 46.9 Å². The molecule has 1 atom stereocenters. The Hall–Kier alpha value is -2.08. The normalized spacial score (nSPS) is 12.4. The molecule has 4 nitrogen and oxygen atoms in total. The Morgan fingerprint density at radius 2 is 1.88 bits per heavy atom. The number of ether oxygens (including phenoxy) is 2. The van der Waals surface area contributed by atoms with Crippen molar-refractivity contribution in [3.63, 3.8) is 0 Å². The SMILES string of the molecule is CC(NC(=O)OC(C)(C)C)c1cc(F)c(Br)cc1OCc1ccccc1. The summed E-state index contributed by atoms with van der Waals surface area (Å²) in [5.74, 6) is 0.0654. The summed E-state index contributed by atoms with van der Waals surface area (Å²) in [6.07, 6.45) is -0.567. The minimum atomic E-state index is -0.610. The Morgan fingerprint density at radius 3 is 2.50 bits per heavy atom. The van der Waals surface area contributed by atoms with Crippen molar-refractivity contribution in [2.24, 2.45) is 0 Å². The number of benzene rings is 2. The number of halogens is 2. The summed E-state index contributed by atoms with van der Waals surface area (Å²) in [6, 6.07) is 12.1. The molecule has 6 heteroatoms. The molecule has 0 aliphatic carbocycles. The highest BCUT2D eigenvalue weighted by molar-refractivity contribution is 9.10. The van der Waals surface area contributed by atoms with Crippen LogP contribution in [-0.4, -0.2) is 11.7 Å². The van der Waals surface area contributed by atoms with Crippen LogP contribution in [0.2, 0.25) is 0 Å². The van der Waals surface area contributed by atoms with E-state index in [2.05, 4.69) is 21.2 Å². The molecule has 1 amide bonds. The van der Waals surface area contributed by atoms with Gasteiger partial charge in [0, 0.05) is 5.56 Å². The molecular formula is C20H23BrFNO3. The van der Waals surface area contributed by atoms with Crippen molar-refractivity contribution in [2.75, 3.05) is 0 Å². The molecule has 0 radical (unpaired) electrons. The summed E-state index contributed by atoms with van der Waals surface area (Å²) in [6.45, 7) is 7.44. The van der Waals surface area contributed by atoms with Gasteiger partial charge in [-0.05, 0) is 61.3 Å². The average molecular weight is 424 g/mol. The quantitative estimate of drug-likeness (QED) is 0.665. The molecule has 0 aliphatic rings. The fraction of sp³-hybridized carbons (Fsp3) is 0.350. The zero-order chi connectivity index (χ0) is 19.3. The number of nitrogens with one attached hydrogen (secondary N) is 1. The van der Waals surface area contributed by atoms with Gasteiger partial charge in [-0.1, -0.05) is 30.3 Å². The van der Waals surface area contributed by atoms with Crippen molar-refractivity contribution in [1.29, 1.82) is 0 Å². The number of carbonyl (C=O) groups is 1. The first-order valence-corrected chi connectivity index (χ1v) is 9.10. The second kappa shape index (κ2) is 8.54. The number of rotatable bonds is 5. The summed E-state index contributed by atoms with van der Waals surface area (Å²) in [5.41, 5.74) is 0.917. The first-order chi connectivity index (χ1) is 12.2. The van der Waals surface area contributed by atoms with Gasteiger partial charge >= 0.3 is 6.09 Å². The number of alkyl carbamates (subject to hydrolysis) is 1. The van der Waals surface area contributed by atoms with Crippen molar-refractivity contribution in [3.05, 3.63) is 63.9 Å². The number of hydrogen-bond acceptors (Lipinski definition) is 3. The third-order valence-electron chi connectivity index (χ3n) is 3.49. The highest BCUT2D eigenvalue weighted by atomic mass is 79.9. The summed E-state index contributed by atoms with van der Waals surface area (Å²) in [7, 11) is 0. The van der Waals surface area contributed by atoms with E-state index in [4.69, 9.17) is 9.47 Å². The summed E-state index contributed by atoms with van der Waals surface area (Å²) in [5, 5.41) is 2.71. The number of amides is 1. The molecule has 26 heavy (non-hydrogen) atoms. The zero-order valence-corrected chi connectivity index (χ0v) is 16.9. The largest absolute Gasteiger partial charge is 0.488 e. The van der Waals surface area contributed by atoms with E-state index in [1.165, 1.54) is 6.07 Å². The lowest BCUT2D eigenvalue weighted by Crippen LogP contribution is -2.34. The van der Waals surface area contributed by atoms with Gasteiger partial charge < -0.3 is 14.8 Å². The van der Waals surface area contributed by atoms with Crippen LogP contribution in [0.1, 0.15) is 44.9 Å². The highest BCUT2D eigenvalue weighted by Gasteiger charge is 2.21. The number of carbonyl (C=O) groups excluding carboxylic acids is 1. The van der Waals surface area contributed by atoms with E-state index >= 15 is 0 Å². The lowest BCUT2D eigenvalue weighted by molar-refractivity contribution is 0.0507. The van der Waals surface area contributed by atoms with Crippen LogP contribution < -0.4 is 10.1 Å². The lowest BCUT2D eigenvalue weighted by Gasteiger charge is -2.23. The first-order valence-electron chi connectivity index (χ1n) is 8.31. The van der Waals surface area contributed by atoms with Gasteiger partial charge in [-0.25, -0.2) is 9.18 Å². The van der Waals surface area contributed by atoms with Crippen LogP contribution in [0.4, 0.5) is 9.18 Å². The fourth-order valence-electron chi connectivity index (χ4n) is 2.30. The molecule has 2 aromatic rings. The van der Waals surface area contributed by atoms with E-state index in [0.717, 1.165) is 5.56 Å². The molecule has 0 saturated carbocycles. The van der Waals surface area contributed by atoms with Crippen LogP contribution in [0.25, 0.3) is 0 Å². The fourth-order valence-corrected chi connectivity index (χ4v) is 2.63. The topological polar surface area (TPSA) is 47.6 Å². The monoisotopic (exact) mass is 423 g/mol. The van der Waals surface area contributed by atoms with E-state index < -0.39 is 23.6 Å². The van der Waals surface area contributed by atoms with Gasteiger partial charge in [-0.15, -0.1) is 0 Å². The van der Waals surface area contributed by atoms with Crippen molar-refractivity contribution in [3.8, 4) is 5.75 Å². The Kier molecular flexibility index (Phi) is 6.64. The molecule has 1 N–H and O–H groups in total. The van der Waals surface area contributed by atoms with Crippen LogP contribution in [0.3, 0.4) is 0 Å². The minimum Gasteiger partial charge on any atom is -0.488 e. The summed E-state index contributed by atoms with van der Waals surface area (Å²) >= 11 is 3.18. The molecule has 0 fully saturated rings. The zero-order valence-electron chi connectivity index (χ0n) is 15.3. The van der Waals surface area contributed by atoms with E-state index in [1.807, 2.05) is 30.3 Å². The molecule has 2 rings (SSSR count). The van der Waals surface area contributed by atoms with Gasteiger partial charge in [0.1, 0.15) is 23.8 Å². The molecule has 2 aromatic carbocycles. The predicted octanol–water partition coefficient (Wildman–Crippen LogP) is 5.75. The minimum absolute atomic E-state index is 0.300. The molecular weight excluding hydrogens is 401 g/mol. The molecule has 140 valence electrons. The maximum Gasteiger partial charge on any atom is 0.408 e. The Bertz CT molecular complexity index is 760. The summed E-state index contributed by atoms with van der Waals surface area (Å²) in [4.78, 5) is 12.0. The maximum absolute atomic E-state index is 14.0. The van der Waals surface area contributed by atoms with Crippen molar-refractivity contribution in [2.45, 2.75) is 45.9 Å². The maximum atomic E-state index is 14.0. The third kappa shape index (κ3) is 6.02. The molecule has 0 aromatic heterocycles. The molecule has 1 unspecified atom stereocenters. The predicted molar refractivity (Wildman–Crippen MR) is 103 cm³/mol. The smallest absolute Gasteiger partial charge is 0.408 e. The van der Waals surface area contributed by atoms with Crippen LogP contribution in [0, 0.1) is 5.82 Å². The Balaban J connectivity index is 2.17. The van der Waals surface area contributed by atoms with E-state index in [9.17, 15) is 9.18 Å². The van der Waals surface area contributed by atoms with Crippen LogP contribution >= 0.6 is 15.9 Å². The van der Waals surface area contributed by atoms with E-state index in [-0.39, 0.29) is 0 Å². The Morgan fingerprint density at radius 1 is 1.23 bits per heavy atom. The molecule has 0 aliphatic heterocycles. The molecule has 0 spiro atoms. The highest BCUT2D eigenvalue weighted by Crippen LogP contribution is 2.32. The molecule has 0 bridgehead atoms. The third-order valence-corrected chi connectivity index (χ3v) is 4.10. The molecule has 0 heterocycles. The Labute approximate surface area is 161 Å². The van der Waals surface area contributed by atoms with Gasteiger partial charge in [0.15, 0.2) is 0 Å². The number of hydrogen-bond donors (Lipinski definition) is 1. The average Bonchev–Trinajstić information content (AvgIpc) is 2.54. The van der Waals surface area contributed by atoms with Gasteiger partial charge in [0.2, 0.25) is 0 Å². The standard InChI is InChI=1S/C20H23BrFNO3/c1-13(23-19(24)26-20(2,3)4)15-10-17(22)16(21)11-18(15)25-12-14-8-6-5-7-9-14/h5-11,13H,12H2,1-4H3,(H,23,24). The van der Waals surface area contributed by atoms with Gasteiger partial charge in [-0.3, -0.25) is 0 Å². The van der Waals surface area contributed by atoms with E-state index in [1.54, 1.807) is 33.8 Å². The molecule has 0 saturated heterocycles. The van der Waals surface area contributed by atoms with Crippen molar-refractivity contribution in [1.82, 2.24) is 5.32 Å². The summed E-state index contributed by atoms with van der Waals surface area (Å²) < 4.78 is 25.5. The van der Waals surface area contributed by atoms with Gasteiger partial charge in [0.05, 0.1) is 10.5 Å². The van der Waals surface area contributed by atoms with Crippen molar-refractivity contribution < 1.29 is 18.7 Å². The van der Waals surface area contributed by atoms with Crippen molar-refractivity contribution >= 4 is 22.0 Å². The van der Waals surface area contributed by atoms with Crippen LogP contribution in [-0.2, 0) is 11.3 Å². The second-order valence-electron chi connectivity index (χ2n) is 6.95. The van der Waals surface area contributed by atoms with E-state index in [0.29, 0.717) is 22.4 Å². The van der Waals surface area contributed by atoms with Crippen LogP contribution in [0.5, 0.6) is 5.75 Å². The second-order valence-corrected chi connectivity index (χ2v) is 7.80.